The summed E-state index contributed by atoms with van der Waals surface area (Å²) >= 11 is 1.32. The van der Waals surface area contributed by atoms with Crippen molar-refractivity contribution in [3.8, 4) is 5.75 Å². The fourth-order valence-corrected chi connectivity index (χ4v) is 5.80. The van der Waals surface area contributed by atoms with Gasteiger partial charge in [-0.2, -0.15) is 0 Å². The Bertz CT molecular complexity index is 1240. The van der Waals surface area contributed by atoms with Crippen LogP contribution in [0.4, 0.5) is 11.4 Å². The first kappa shape index (κ1) is 24.4. The van der Waals surface area contributed by atoms with Crippen molar-refractivity contribution in [2.75, 3.05) is 22.6 Å². The first-order valence-electron chi connectivity index (χ1n) is 12.5. The van der Waals surface area contributed by atoms with Gasteiger partial charge in [-0.15, -0.1) is 10.2 Å². The van der Waals surface area contributed by atoms with E-state index < -0.39 is 0 Å². The topological polar surface area (TPSA) is 89.4 Å². The van der Waals surface area contributed by atoms with E-state index in [-0.39, 0.29) is 30.2 Å². The zero-order valence-electron chi connectivity index (χ0n) is 20.6. The van der Waals surface area contributed by atoms with Crippen molar-refractivity contribution in [2.45, 2.75) is 56.1 Å². The maximum absolute atomic E-state index is 12.7. The van der Waals surface area contributed by atoms with Gasteiger partial charge in [-0.25, -0.2) is 0 Å². The van der Waals surface area contributed by atoms with Crippen molar-refractivity contribution in [3.63, 3.8) is 0 Å². The summed E-state index contributed by atoms with van der Waals surface area (Å²) in [6, 6.07) is 15.4. The molecule has 9 heteroatoms. The molecule has 2 heterocycles. The average Bonchev–Trinajstić information content (AvgIpc) is 3.28. The molecule has 188 valence electrons. The summed E-state index contributed by atoms with van der Waals surface area (Å²) in [7, 11) is 1.85. The number of anilines is 2. The predicted molar refractivity (Wildman–Crippen MR) is 140 cm³/mol. The molecule has 0 spiro atoms. The van der Waals surface area contributed by atoms with Crippen LogP contribution in [0.3, 0.4) is 0 Å². The standard InChI is InChI=1S/C27H31N5O3S/c1-18(32-22-10-6-7-11-23(22)35-16-25(32)34)26-29-30-27(31(26)2)36-17-24(33)28-21-14-12-20(13-15-21)19-8-4-3-5-9-19/h6-7,10-15,18-19H,3-5,8-9,16-17H2,1-2H3,(H,28,33)/t18-/m1/s1. The summed E-state index contributed by atoms with van der Waals surface area (Å²) in [5.41, 5.74) is 2.88. The number of ether oxygens (including phenoxy) is 1. The number of hydrogen-bond donors (Lipinski definition) is 1. The highest BCUT2D eigenvalue weighted by Crippen LogP contribution is 2.37. The van der Waals surface area contributed by atoms with Crippen LogP contribution in [0.15, 0.2) is 53.7 Å². The van der Waals surface area contributed by atoms with E-state index in [4.69, 9.17) is 4.74 Å². The number of aromatic nitrogens is 3. The first-order valence-corrected chi connectivity index (χ1v) is 13.5. The van der Waals surface area contributed by atoms with Gasteiger partial charge in [0.2, 0.25) is 5.91 Å². The molecule has 3 aromatic rings. The number of carbonyl (C=O) groups excluding carboxylic acids is 2. The van der Waals surface area contributed by atoms with Gasteiger partial charge in [0.1, 0.15) is 5.75 Å². The molecule has 2 amide bonds. The van der Waals surface area contributed by atoms with Gasteiger partial charge in [0.25, 0.3) is 5.91 Å². The summed E-state index contributed by atoms with van der Waals surface area (Å²) in [5, 5.41) is 12.2. The SMILES string of the molecule is C[C@H](c1nnc(SCC(=O)Nc2ccc(C3CCCCC3)cc2)n1C)N1C(=O)COc2ccccc21. The van der Waals surface area contributed by atoms with Crippen LogP contribution in [-0.2, 0) is 16.6 Å². The van der Waals surface area contributed by atoms with Crippen LogP contribution in [0.2, 0.25) is 0 Å². The van der Waals surface area contributed by atoms with Crippen molar-refractivity contribution >= 4 is 35.0 Å². The number of rotatable bonds is 7. The molecular weight excluding hydrogens is 474 g/mol. The molecule has 1 aliphatic carbocycles. The molecule has 8 nitrogen and oxygen atoms in total. The summed E-state index contributed by atoms with van der Waals surface area (Å²) in [5.74, 6) is 1.94. The van der Waals surface area contributed by atoms with E-state index in [1.54, 1.807) is 4.90 Å². The number of hydrogen-bond acceptors (Lipinski definition) is 6. The molecule has 2 aliphatic rings. The van der Waals surface area contributed by atoms with Crippen molar-refractivity contribution in [1.29, 1.82) is 0 Å². The van der Waals surface area contributed by atoms with E-state index >= 15 is 0 Å². The molecule has 1 N–H and O–H groups in total. The summed E-state index contributed by atoms with van der Waals surface area (Å²) < 4.78 is 7.40. The summed E-state index contributed by atoms with van der Waals surface area (Å²) in [6.07, 6.45) is 6.46. The quantitative estimate of drug-likeness (QED) is 0.451. The van der Waals surface area contributed by atoms with Crippen LogP contribution in [0, 0.1) is 0 Å². The highest BCUT2D eigenvalue weighted by Gasteiger charge is 2.32. The Morgan fingerprint density at radius 1 is 1.11 bits per heavy atom. The predicted octanol–water partition coefficient (Wildman–Crippen LogP) is 5.08. The lowest BCUT2D eigenvalue weighted by Crippen LogP contribution is -2.41. The molecule has 0 bridgehead atoms. The number of carbonyl (C=O) groups is 2. The maximum Gasteiger partial charge on any atom is 0.265 e. The number of nitrogens with zero attached hydrogens (tertiary/aromatic N) is 4. The van der Waals surface area contributed by atoms with Crippen molar-refractivity contribution in [1.82, 2.24) is 14.8 Å². The minimum absolute atomic E-state index is 0.0113. The van der Waals surface area contributed by atoms with Gasteiger partial charge in [0.15, 0.2) is 17.6 Å². The van der Waals surface area contributed by atoms with Crippen LogP contribution in [0.1, 0.15) is 62.4 Å². The molecule has 0 unspecified atom stereocenters. The van der Waals surface area contributed by atoms with Crippen LogP contribution in [0.5, 0.6) is 5.75 Å². The van der Waals surface area contributed by atoms with Gasteiger partial charge < -0.3 is 14.6 Å². The molecule has 36 heavy (non-hydrogen) atoms. The van der Waals surface area contributed by atoms with E-state index in [1.165, 1.54) is 49.4 Å². The Kier molecular flexibility index (Phi) is 7.27. The number of amides is 2. The van der Waals surface area contributed by atoms with Gasteiger partial charge in [-0.05, 0) is 55.5 Å². The number of benzene rings is 2. The number of nitrogens with one attached hydrogen (secondary N) is 1. The van der Waals surface area contributed by atoms with E-state index in [2.05, 4.69) is 27.6 Å². The molecule has 0 saturated heterocycles. The Morgan fingerprint density at radius 3 is 2.64 bits per heavy atom. The van der Waals surface area contributed by atoms with E-state index in [9.17, 15) is 9.59 Å². The highest BCUT2D eigenvalue weighted by molar-refractivity contribution is 7.99. The fraction of sp³-hybridized carbons (Fsp3) is 0.407. The van der Waals surface area contributed by atoms with Crippen molar-refractivity contribution in [2.24, 2.45) is 7.05 Å². The van der Waals surface area contributed by atoms with Gasteiger partial charge in [-0.3, -0.25) is 14.5 Å². The smallest absolute Gasteiger partial charge is 0.265 e. The summed E-state index contributed by atoms with van der Waals surface area (Å²) in [4.78, 5) is 27.0. The zero-order valence-corrected chi connectivity index (χ0v) is 21.5. The van der Waals surface area contributed by atoms with Crippen LogP contribution >= 0.6 is 11.8 Å². The molecular formula is C27H31N5O3S. The largest absolute Gasteiger partial charge is 0.482 e. The second-order valence-corrected chi connectivity index (χ2v) is 10.3. The summed E-state index contributed by atoms with van der Waals surface area (Å²) in [6.45, 7) is 1.91. The van der Waals surface area contributed by atoms with Crippen molar-refractivity contribution in [3.05, 3.63) is 59.9 Å². The van der Waals surface area contributed by atoms with Gasteiger partial charge in [-0.1, -0.05) is 55.3 Å². The second-order valence-electron chi connectivity index (χ2n) is 9.39. The molecule has 5 rings (SSSR count). The second kappa shape index (κ2) is 10.7. The Hall–Kier alpha value is -3.33. The van der Waals surface area contributed by atoms with Crippen molar-refractivity contribution < 1.29 is 14.3 Å². The van der Waals surface area contributed by atoms with Gasteiger partial charge >= 0.3 is 0 Å². The minimum Gasteiger partial charge on any atom is -0.482 e. The molecule has 1 aromatic heterocycles. The van der Waals surface area contributed by atoms with E-state index in [0.29, 0.717) is 28.3 Å². The number of fused-ring (bicyclic) bond motifs is 1. The van der Waals surface area contributed by atoms with Crippen LogP contribution < -0.4 is 15.0 Å². The molecule has 1 fully saturated rings. The number of thioether (sulfide) groups is 1. The zero-order chi connectivity index (χ0) is 25.1. The Balaban J connectivity index is 1.20. The fourth-order valence-electron chi connectivity index (χ4n) is 5.08. The minimum atomic E-state index is -0.342. The van der Waals surface area contributed by atoms with E-state index in [0.717, 1.165) is 5.69 Å². The average molecular weight is 506 g/mol. The lowest BCUT2D eigenvalue weighted by Gasteiger charge is -2.33. The maximum atomic E-state index is 12.7. The monoisotopic (exact) mass is 505 g/mol. The Morgan fingerprint density at radius 2 is 1.86 bits per heavy atom. The normalized spacial score (nSPS) is 16.8. The molecule has 1 aliphatic heterocycles. The van der Waals surface area contributed by atoms with Gasteiger partial charge in [0.05, 0.1) is 17.5 Å². The number of para-hydroxylation sites is 2. The van der Waals surface area contributed by atoms with Gasteiger partial charge in [0, 0.05) is 12.7 Å². The van der Waals surface area contributed by atoms with Crippen LogP contribution in [0.25, 0.3) is 0 Å². The lowest BCUT2D eigenvalue weighted by molar-refractivity contribution is -0.121. The lowest BCUT2D eigenvalue weighted by atomic mass is 9.84. The molecule has 1 atom stereocenters. The Labute approximate surface area is 215 Å². The first-order chi connectivity index (χ1) is 17.5. The van der Waals surface area contributed by atoms with E-state index in [1.807, 2.05) is 54.9 Å². The third-order valence-electron chi connectivity index (χ3n) is 6.98. The van der Waals surface area contributed by atoms with Crippen LogP contribution in [-0.4, -0.2) is 38.9 Å². The third-order valence-corrected chi connectivity index (χ3v) is 8.00. The highest BCUT2D eigenvalue weighted by atomic mass is 32.2. The molecule has 1 saturated carbocycles. The molecule has 2 aromatic carbocycles. The molecule has 0 radical (unpaired) electrons. The third kappa shape index (κ3) is 5.11.